The summed E-state index contributed by atoms with van der Waals surface area (Å²) in [5, 5.41) is 15.4. The van der Waals surface area contributed by atoms with Gasteiger partial charge in [-0.1, -0.05) is 45.0 Å². The lowest BCUT2D eigenvalue weighted by Crippen LogP contribution is -2.43. The molecule has 0 aliphatic rings. The molecule has 6 nitrogen and oxygen atoms in total. The molecular weight excluding hydrogens is 304 g/mol. The summed E-state index contributed by atoms with van der Waals surface area (Å²) in [6, 6.07) is 7.80. The van der Waals surface area contributed by atoms with Crippen molar-refractivity contribution in [2.75, 3.05) is 6.54 Å². The van der Waals surface area contributed by atoms with Gasteiger partial charge in [-0.2, -0.15) is 0 Å². The Morgan fingerprint density at radius 1 is 1.21 bits per heavy atom. The number of carbonyl (C=O) groups is 1. The van der Waals surface area contributed by atoms with Crippen LogP contribution in [0.1, 0.15) is 31.9 Å². The lowest BCUT2D eigenvalue weighted by atomic mass is 9.89. The average Bonchev–Trinajstić information content (AvgIpc) is 3.04. The van der Waals surface area contributed by atoms with E-state index in [2.05, 4.69) is 15.6 Å². The van der Waals surface area contributed by atoms with Gasteiger partial charge in [0, 0.05) is 32.0 Å². The van der Waals surface area contributed by atoms with Gasteiger partial charge in [0.25, 0.3) is 0 Å². The van der Waals surface area contributed by atoms with Crippen LogP contribution < -0.4 is 10.6 Å². The van der Waals surface area contributed by atoms with Crippen LogP contribution in [0.5, 0.6) is 0 Å². The molecule has 1 unspecified atom stereocenters. The number of aliphatic hydroxyl groups is 1. The summed E-state index contributed by atoms with van der Waals surface area (Å²) in [6.45, 7) is 7.26. The molecule has 1 aromatic carbocycles. The first-order valence-corrected chi connectivity index (χ1v) is 8.08. The third-order valence-electron chi connectivity index (χ3n) is 3.86. The Labute approximate surface area is 142 Å². The zero-order valence-electron chi connectivity index (χ0n) is 14.5. The number of nitrogens with one attached hydrogen (secondary N) is 2. The van der Waals surface area contributed by atoms with Crippen LogP contribution in [0.2, 0.25) is 0 Å². The Kier molecular flexibility index (Phi) is 5.98. The van der Waals surface area contributed by atoms with E-state index in [0.29, 0.717) is 6.54 Å². The first-order chi connectivity index (χ1) is 11.3. The van der Waals surface area contributed by atoms with Gasteiger partial charge in [-0.05, 0) is 16.5 Å². The summed E-state index contributed by atoms with van der Waals surface area (Å²) in [7, 11) is 0. The Balaban J connectivity index is 1.74. The molecule has 130 valence electrons. The maximum absolute atomic E-state index is 11.8. The standard InChI is InChI=1S/C18H26N4O2/c1-18(2,3)16(23)11-21-17(24)20-10-14-4-6-15(7-5-14)12-22-9-8-19-13-22/h4-9,13,16,23H,10-12H2,1-3H3,(H2,20,21,24). The molecule has 0 saturated carbocycles. The molecule has 1 aromatic heterocycles. The van der Waals surface area contributed by atoms with E-state index in [0.717, 1.165) is 12.1 Å². The first kappa shape index (κ1) is 18.0. The van der Waals surface area contributed by atoms with Crippen molar-refractivity contribution >= 4 is 6.03 Å². The van der Waals surface area contributed by atoms with E-state index >= 15 is 0 Å². The van der Waals surface area contributed by atoms with Crippen molar-refractivity contribution in [2.24, 2.45) is 5.41 Å². The minimum absolute atomic E-state index is 0.235. The molecule has 1 atom stereocenters. The van der Waals surface area contributed by atoms with Gasteiger partial charge in [0.15, 0.2) is 0 Å². The molecule has 0 aliphatic heterocycles. The third kappa shape index (κ3) is 5.70. The fourth-order valence-electron chi connectivity index (χ4n) is 2.09. The van der Waals surface area contributed by atoms with Gasteiger partial charge in [0.1, 0.15) is 0 Å². The molecule has 0 saturated heterocycles. The van der Waals surface area contributed by atoms with Gasteiger partial charge in [-0.25, -0.2) is 9.78 Å². The van der Waals surface area contributed by atoms with Crippen LogP contribution in [0, 0.1) is 5.41 Å². The Hall–Kier alpha value is -2.34. The third-order valence-corrected chi connectivity index (χ3v) is 3.86. The first-order valence-electron chi connectivity index (χ1n) is 8.08. The van der Waals surface area contributed by atoms with Crippen LogP contribution >= 0.6 is 0 Å². The second-order valence-corrected chi connectivity index (χ2v) is 7.00. The number of amides is 2. The van der Waals surface area contributed by atoms with Gasteiger partial charge >= 0.3 is 6.03 Å². The minimum Gasteiger partial charge on any atom is -0.391 e. The number of aliphatic hydroxyl groups excluding tert-OH is 1. The van der Waals surface area contributed by atoms with Crippen LogP contribution in [0.3, 0.4) is 0 Å². The summed E-state index contributed by atoms with van der Waals surface area (Å²) in [4.78, 5) is 15.8. The van der Waals surface area contributed by atoms with Crippen LogP contribution in [0.15, 0.2) is 43.0 Å². The predicted octanol–water partition coefficient (Wildman–Crippen LogP) is 2.14. The SMILES string of the molecule is CC(C)(C)C(O)CNC(=O)NCc1ccc(Cn2ccnc2)cc1. The molecule has 1 heterocycles. The highest BCUT2D eigenvalue weighted by atomic mass is 16.3. The van der Waals surface area contributed by atoms with Crippen molar-refractivity contribution in [3.8, 4) is 0 Å². The topological polar surface area (TPSA) is 79.2 Å². The van der Waals surface area contributed by atoms with Gasteiger partial charge in [0.2, 0.25) is 0 Å². The van der Waals surface area contributed by atoms with Gasteiger partial charge in [-0.3, -0.25) is 0 Å². The number of hydrogen-bond acceptors (Lipinski definition) is 3. The highest BCUT2D eigenvalue weighted by Crippen LogP contribution is 2.18. The van der Waals surface area contributed by atoms with E-state index in [9.17, 15) is 9.90 Å². The molecule has 2 rings (SSSR count). The number of benzene rings is 1. The monoisotopic (exact) mass is 330 g/mol. The molecular formula is C18H26N4O2. The van der Waals surface area contributed by atoms with E-state index in [-0.39, 0.29) is 18.0 Å². The van der Waals surface area contributed by atoms with Crippen molar-refractivity contribution in [1.82, 2.24) is 20.2 Å². The second-order valence-electron chi connectivity index (χ2n) is 7.00. The quantitative estimate of drug-likeness (QED) is 0.759. The molecule has 3 N–H and O–H groups in total. The summed E-state index contributed by atoms with van der Waals surface area (Å²) < 4.78 is 2.00. The maximum atomic E-state index is 11.8. The van der Waals surface area contributed by atoms with E-state index in [1.807, 2.05) is 55.8 Å². The number of urea groups is 1. The van der Waals surface area contributed by atoms with Crippen LogP contribution in [-0.4, -0.2) is 33.3 Å². The fraction of sp³-hybridized carbons (Fsp3) is 0.444. The number of rotatable bonds is 6. The molecule has 0 fully saturated rings. The van der Waals surface area contributed by atoms with E-state index in [1.54, 1.807) is 12.5 Å². The zero-order valence-corrected chi connectivity index (χ0v) is 14.5. The lowest BCUT2D eigenvalue weighted by Gasteiger charge is -2.25. The highest BCUT2D eigenvalue weighted by molar-refractivity contribution is 5.73. The van der Waals surface area contributed by atoms with Crippen LogP contribution in [0.4, 0.5) is 4.79 Å². The van der Waals surface area contributed by atoms with Crippen molar-refractivity contribution in [3.63, 3.8) is 0 Å². The van der Waals surface area contributed by atoms with Crippen molar-refractivity contribution in [1.29, 1.82) is 0 Å². The average molecular weight is 330 g/mol. The predicted molar refractivity (Wildman–Crippen MR) is 93.5 cm³/mol. The molecule has 24 heavy (non-hydrogen) atoms. The van der Waals surface area contributed by atoms with Crippen molar-refractivity contribution < 1.29 is 9.90 Å². The molecule has 0 spiro atoms. The number of nitrogens with zero attached hydrogens (tertiary/aromatic N) is 2. The van der Waals surface area contributed by atoms with Crippen molar-refractivity contribution in [2.45, 2.75) is 40.0 Å². The van der Waals surface area contributed by atoms with E-state index < -0.39 is 6.10 Å². The summed E-state index contributed by atoms with van der Waals surface area (Å²) in [5.74, 6) is 0. The Morgan fingerprint density at radius 2 is 1.88 bits per heavy atom. The van der Waals surface area contributed by atoms with E-state index in [1.165, 1.54) is 5.56 Å². The second kappa shape index (κ2) is 7.97. The van der Waals surface area contributed by atoms with Gasteiger partial charge in [0.05, 0.1) is 12.4 Å². The number of carbonyl (C=O) groups excluding carboxylic acids is 1. The summed E-state index contributed by atoms with van der Waals surface area (Å²) in [6.07, 6.45) is 4.89. The highest BCUT2D eigenvalue weighted by Gasteiger charge is 2.22. The molecule has 0 aliphatic carbocycles. The molecule has 0 bridgehead atoms. The molecule has 0 radical (unpaired) electrons. The molecule has 2 amide bonds. The summed E-state index contributed by atoms with van der Waals surface area (Å²) >= 11 is 0. The number of hydrogen-bond donors (Lipinski definition) is 3. The van der Waals surface area contributed by atoms with Crippen LogP contribution in [-0.2, 0) is 13.1 Å². The minimum atomic E-state index is -0.578. The Morgan fingerprint density at radius 3 is 2.46 bits per heavy atom. The smallest absolute Gasteiger partial charge is 0.315 e. The fourth-order valence-corrected chi connectivity index (χ4v) is 2.09. The Bertz CT molecular complexity index is 630. The largest absolute Gasteiger partial charge is 0.391 e. The maximum Gasteiger partial charge on any atom is 0.315 e. The number of aromatic nitrogens is 2. The van der Waals surface area contributed by atoms with E-state index in [4.69, 9.17) is 0 Å². The molecule has 2 aromatic rings. The molecule has 6 heteroatoms. The lowest BCUT2D eigenvalue weighted by molar-refractivity contribution is 0.0650. The normalized spacial score (nSPS) is 12.7. The van der Waals surface area contributed by atoms with Gasteiger partial charge < -0.3 is 20.3 Å². The zero-order chi connectivity index (χ0) is 17.6. The van der Waals surface area contributed by atoms with Crippen LogP contribution in [0.25, 0.3) is 0 Å². The number of imidazole rings is 1. The summed E-state index contributed by atoms with van der Waals surface area (Å²) in [5.41, 5.74) is 1.95. The van der Waals surface area contributed by atoms with Gasteiger partial charge in [-0.15, -0.1) is 0 Å². The van der Waals surface area contributed by atoms with Crippen molar-refractivity contribution in [3.05, 3.63) is 54.1 Å².